The van der Waals surface area contributed by atoms with Gasteiger partial charge in [0.1, 0.15) is 0 Å². The first-order valence-corrected chi connectivity index (χ1v) is 10.5. The minimum atomic E-state index is -0.213. The fourth-order valence-electron chi connectivity index (χ4n) is 3.84. The monoisotopic (exact) mass is 439 g/mol. The number of nitrogens with one attached hydrogen (secondary N) is 2. The molecule has 8 nitrogen and oxygen atoms in total. The summed E-state index contributed by atoms with van der Waals surface area (Å²) in [4.78, 5) is 28.5. The number of aromatic amines is 1. The Morgan fingerprint density at radius 1 is 1.19 bits per heavy atom. The first-order valence-electron chi connectivity index (χ1n) is 10.1. The molecule has 1 fully saturated rings. The van der Waals surface area contributed by atoms with E-state index in [4.69, 9.17) is 26.4 Å². The van der Waals surface area contributed by atoms with Gasteiger partial charge in [-0.3, -0.25) is 14.2 Å². The molecule has 2 aromatic carbocycles. The van der Waals surface area contributed by atoms with E-state index in [1.165, 1.54) is 4.57 Å². The molecule has 1 atom stereocenters. The van der Waals surface area contributed by atoms with E-state index in [0.29, 0.717) is 39.3 Å². The molecule has 1 amide bonds. The van der Waals surface area contributed by atoms with Crippen molar-refractivity contribution in [1.82, 2.24) is 14.9 Å². The molecule has 2 N–H and O–H groups in total. The third kappa shape index (κ3) is 3.94. The molecule has 1 aromatic heterocycles. The topological polar surface area (TPSA) is 94.6 Å². The van der Waals surface area contributed by atoms with Crippen molar-refractivity contribution in [2.24, 2.45) is 0 Å². The largest absolute Gasteiger partial charge is 0.454 e. The van der Waals surface area contributed by atoms with Crippen LogP contribution in [0.2, 0.25) is 0 Å². The van der Waals surface area contributed by atoms with Crippen LogP contribution in [0.3, 0.4) is 0 Å². The van der Waals surface area contributed by atoms with Crippen molar-refractivity contribution >= 4 is 29.0 Å². The van der Waals surface area contributed by atoms with Gasteiger partial charge < -0.3 is 24.5 Å². The molecule has 3 heterocycles. The Hall–Kier alpha value is -3.17. The number of H-pyrrole nitrogens is 1. The van der Waals surface area contributed by atoms with Crippen molar-refractivity contribution < 1.29 is 19.0 Å². The van der Waals surface area contributed by atoms with E-state index < -0.39 is 0 Å². The molecule has 9 heteroatoms. The van der Waals surface area contributed by atoms with Gasteiger partial charge in [-0.25, -0.2) is 0 Å². The number of carbonyl (C=O) groups is 1. The lowest BCUT2D eigenvalue weighted by molar-refractivity contribution is 0.0858. The third-order valence-electron chi connectivity index (χ3n) is 5.55. The van der Waals surface area contributed by atoms with Crippen molar-refractivity contribution in [1.29, 1.82) is 0 Å². The summed E-state index contributed by atoms with van der Waals surface area (Å²) < 4.78 is 18.1. The van der Waals surface area contributed by atoms with E-state index >= 15 is 0 Å². The van der Waals surface area contributed by atoms with E-state index in [9.17, 15) is 9.59 Å². The number of carbonyl (C=O) groups excluding carboxylic acids is 1. The van der Waals surface area contributed by atoms with Gasteiger partial charge in [-0.05, 0) is 48.8 Å². The minimum absolute atomic E-state index is 0.0999. The maximum Gasteiger partial charge on any atom is 0.262 e. The second-order valence-corrected chi connectivity index (χ2v) is 8.00. The predicted octanol–water partition coefficient (Wildman–Crippen LogP) is 2.74. The van der Waals surface area contributed by atoms with Gasteiger partial charge in [0.25, 0.3) is 11.5 Å². The zero-order valence-electron chi connectivity index (χ0n) is 16.7. The molecule has 0 aliphatic carbocycles. The van der Waals surface area contributed by atoms with Crippen LogP contribution in [0.4, 0.5) is 0 Å². The zero-order valence-corrected chi connectivity index (χ0v) is 17.5. The third-order valence-corrected chi connectivity index (χ3v) is 5.87. The fraction of sp³-hybridized carbons (Fsp3) is 0.318. The first kappa shape index (κ1) is 19.8. The molecule has 3 aromatic rings. The molecular weight excluding hydrogens is 418 g/mol. The molecular formula is C22H21N3O5S. The lowest BCUT2D eigenvalue weighted by atomic mass is 10.1. The molecule has 2 aliphatic heterocycles. The van der Waals surface area contributed by atoms with Gasteiger partial charge in [-0.2, -0.15) is 0 Å². The first-order chi connectivity index (χ1) is 15.1. The highest BCUT2D eigenvalue weighted by atomic mass is 32.1. The number of benzene rings is 2. The Bertz CT molecular complexity index is 1260. The number of ether oxygens (including phenoxy) is 3. The Balaban J connectivity index is 1.34. The number of amides is 1. The van der Waals surface area contributed by atoms with Crippen molar-refractivity contribution in [2.75, 3.05) is 19.9 Å². The highest BCUT2D eigenvalue weighted by Gasteiger charge is 2.18. The lowest BCUT2D eigenvalue weighted by Crippen LogP contribution is -2.31. The number of rotatable bonds is 5. The van der Waals surface area contributed by atoms with Crippen LogP contribution in [0.25, 0.3) is 10.9 Å². The van der Waals surface area contributed by atoms with Crippen LogP contribution in [0.15, 0.2) is 41.2 Å². The highest BCUT2D eigenvalue weighted by molar-refractivity contribution is 7.71. The average Bonchev–Trinajstić information content (AvgIpc) is 3.46. The predicted molar refractivity (Wildman–Crippen MR) is 116 cm³/mol. The summed E-state index contributed by atoms with van der Waals surface area (Å²) in [5.41, 5.74) is 1.81. The van der Waals surface area contributed by atoms with Crippen LogP contribution in [0.1, 0.15) is 28.8 Å². The van der Waals surface area contributed by atoms with Crippen molar-refractivity contribution in [3.8, 4) is 11.5 Å². The Labute approximate surface area is 182 Å². The van der Waals surface area contributed by atoms with E-state index in [1.807, 2.05) is 12.1 Å². The number of hydrogen-bond donors (Lipinski definition) is 2. The van der Waals surface area contributed by atoms with Gasteiger partial charge in [0.2, 0.25) is 6.79 Å². The van der Waals surface area contributed by atoms with E-state index in [0.717, 1.165) is 25.0 Å². The second-order valence-electron chi connectivity index (χ2n) is 7.61. The zero-order chi connectivity index (χ0) is 21.4. The molecule has 2 aliphatic rings. The normalized spacial score (nSPS) is 17.2. The van der Waals surface area contributed by atoms with Gasteiger partial charge >= 0.3 is 0 Å². The Kier molecular flexibility index (Phi) is 5.21. The fourth-order valence-corrected chi connectivity index (χ4v) is 4.10. The smallest absolute Gasteiger partial charge is 0.262 e. The summed E-state index contributed by atoms with van der Waals surface area (Å²) >= 11 is 5.41. The van der Waals surface area contributed by atoms with Gasteiger partial charge in [0.05, 0.1) is 23.6 Å². The van der Waals surface area contributed by atoms with Gasteiger partial charge in [0.15, 0.2) is 16.3 Å². The summed E-state index contributed by atoms with van der Waals surface area (Å²) in [5, 5.41) is 3.38. The molecule has 1 saturated heterocycles. The van der Waals surface area contributed by atoms with Crippen LogP contribution < -0.4 is 20.3 Å². The number of hydrogen-bond acceptors (Lipinski definition) is 6. The van der Waals surface area contributed by atoms with Gasteiger partial charge in [0, 0.05) is 24.8 Å². The molecule has 1 unspecified atom stereocenters. The lowest BCUT2D eigenvalue weighted by Gasteiger charge is -2.12. The van der Waals surface area contributed by atoms with Gasteiger partial charge in [-0.1, -0.05) is 12.1 Å². The van der Waals surface area contributed by atoms with E-state index in [-0.39, 0.29) is 30.9 Å². The van der Waals surface area contributed by atoms with Crippen LogP contribution in [0.5, 0.6) is 11.5 Å². The summed E-state index contributed by atoms with van der Waals surface area (Å²) in [6.45, 7) is 1.69. The molecule has 31 heavy (non-hydrogen) atoms. The van der Waals surface area contributed by atoms with Crippen LogP contribution in [-0.4, -0.2) is 41.5 Å². The standard InChI is InChI=1S/C22H21N3O5S/c26-20(23-10-15-2-1-7-28-15)14-5-3-13(4-6-14)11-25-21(27)16-8-18-19(30-12-29-18)9-17(16)24-22(25)31/h3-6,8-9,15H,1-2,7,10-12H2,(H,23,26)(H,24,31). The maximum atomic E-state index is 13.0. The number of fused-ring (bicyclic) bond motifs is 2. The summed E-state index contributed by atoms with van der Waals surface area (Å²) in [5.74, 6) is 0.988. The van der Waals surface area contributed by atoms with Crippen LogP contribution >= 0.6 is 12.2 Å². The SMILES string of the molecule is O=C(NCC1CCCO1)c1ccc(Cn2c(=S)[nH]c3cc4c(cc3c2=O)OCO4)cc1. The van der Waals surface area contributed by atoms with Crippen molar-refractivity contribution in [3.63, 3.8) is 0 Å². The molecule has 5 rings (SSSR count). The van der Waals surface area contributed by atoms with Gasteiger partial charge in [-0.15, -0.1) is 0 Å². The summed E-state index contributed by atoms with van der Waals surface area (Å²) in [7, 11) is 0. The summed E-state index contributed by atoms with van der Waals surface area (Å²) in [6.07, 6.45) is 2.11. The Morgan fingerprint density at radius 2 is 1.97 bits per heavy atom. The molecule has 160 valence electrons. The maximum absolute atomic E-state index is 13.0. The molecule has 0 bridgehead atoms. The average molecular weight is 439 g/mol. The Morgan fingerprint density at radius 3 is 2.71 bits per heavy atom. The highest BCUT2D eigenvalue weighted by Crippen LogP contribution is 2.34. The van der Waals surface area contributed by atoms with Crippen LogP contribution in [0, 0.1) is 4.77 Å². The summed E-state index contributed by atoms with van der Waals surface area (Å²) in [6, 6.07) is 10.5. The second kappa shape index (κ2) is 8.16. The van der Waals surface area contributed by atoms with E-state index in [2.05, 4.69) is 10.3 Å². The number of nitrogens with zero attached hydrogens (tertiary/aromatic N) is 1. The van der Waals surface area contributed by atoms with E-state index in [1.54, 1.807) is 24.3 Å². The van der Waals surface area contributed by atoms with Crippen molar-refractivity contribution in [3.05, 3.63) is 62.6 Å². The minimum Gasteiger partial charge on any atom is -0.454 e. The molecule has 0 radical (unpaired) electrons. The van der Waals surface area contributed by atoms with Crippen molar-refractivity contribution in [2.45, 2.75) is 25.5 Å². The van der Waals surface area contributed by atoms with Crippen LogP contribution in [-0.2, 0) is 11.3 Å². The molecule has 0 spiro atoms. The number of aromatic nitrogens is 2. The molecule has 0 saturated carbocycles. The quantitative estimate of drug-likeness (QED) is 0.594.